The normalized spacial score (nSPS) is 11.0. The quantitative estimate of drug-likeness (QED) is 0.868. The predicted molar refractivity (Wildman–Crippen MR) is 92.3 cm³/mol. The van der Waals surface area contributed by atoms with E-state index in [0.29, 0.717) is 11.3 Å². The molecule has 24 heavy (non-hydrogen) atoms. The van der Waals surface area contributed by atoms with E-state index in [1.165, 1.54) is 31.3 Å². The molecule has 126 valence electrons. The summed E-state index contributed by atoms with van der Waals surface area (Å²) in [5.74, 6) is -0.859. The highest BCUT2D eigenvalue weighted by Crippen LogP contribution is 2.22. The molecule has 0 radical (unpaired) electrons. The van der Waals surface area contributed by atoms with Crippen LogP contribution in [0.4, 0.5) is 5.69 Å². The number of carbonyl (C=O) groups excluding carboxylic acids is 2. The summed E-state index contributed by atoms with van der Waals surface area (Å²) in [4.78, 5) is 24.0. The van der Waals surface area contributed by atoms with Crippen LogP contribution in [0.15, 0.2) is 47.4 Å². The molecule has 0 heterocycles. The van der Waals surface area contributed by atoms with Crippen molar-refractivity contribution in [1.82, 2.24) is 5.32 Å². The lowest BCUT2D eigenvalue weighted by atomic mass is 10.1. The fourth-order valence-corrected chi connectivity index (χ4v) is 2.84. The van der Waals surface area contributed by atoms with Gasteiger partial charge in [0, 0.05) is 24.6 Å². The van der Waals surface area contributed by atoms with E-state index in [2.05, 4.69) is 10.6 Å². The molecule has 2 aromatic rings. The molecule has 0 aliphatic carbocycles. The molecule has 0 saturated heterocycles. The van der Waals surface area contributed by atoms with Crippen LogP contribution in [0.5, 0.6) is 0 Å². The van der Waals surface area contributed by atoms with Crippen molar-refractivity contribution >= 4 is 38.9 Å². The number of rotatable bonds is 4. The Morgan fingerprint density at radius 2 is 1.75 bits per heavy atom. The Balaban J connectivity index is 2.32. The third kappa shape index (κ3) is 4.12. The smallest absolute Gasteiger partial charge is 0.257 e. The summed E-state index contributed by atoms with van der Waals surface area (Å²) >= 11 is 5.99. The molecule has 2 rings (SSSR count). The summed E-state index contributed by atoms with van der Waals surface area (Å²) in [6.45, 7) is 0. The second-order valence-electron chi connectivity index (χ2n) is 5.03. The number of hydrogen-bond acceptors (Lipinski definition) is 4. The number of halogens is 1. The van der Waals surface area contributed by atoms with Crippen LogP contribution in [0.25, 0.3) is 0 Å². The summed E-state index contributed by atoms with van der Waals surface area (Å²) < 4.78 is 23.2. The van der Waals surface area contributed by atoms with Gasteiger partial charge in [-0.1, -0.05) is 17.7 Å². The summed E-state index contributed by atoms with van der Waals surface area (Å²) in [6, 6.07) is 10.2. The Labute approximate surface area is 144 Å². The Morgan fingerprint density at radius 3 is 2.38 bits per heavy atom. The topological polar surface area (TPSA) is 92.3 Å². The highest BCUT2D eigenvalue weighted by molar-refractivity contribution is 7.90. The maximum absolute atomic E-state index is 12.4. The molecule has 0 bridgehead atoms. The van der Waals surface area contributed by atoms with Crippen molar-refractivity contribution in [2.45, 2.75) is 4.90 Å². The van der Waals surface area contributed by atoms with Gasteiger partial charge in [0.1, 0.15) is 0 Å². The lowest BCUT2D eigenvalue weighted by Gasteiger charge is -2.09. The van der Waals surface area contributed by atoms with Gasteiger partial charge in [-0.05, 0) is 36.4 Å². The number of benzene rings is 2. The first-order chi connectivity index (χ1) is 11.2. The Bertz CT molecular complexity index is 910. The van der Waals surface area contributed by atoms with Gasteiger partial charge < -0.3 is 10.6 Å². The SMILES string of the molecule is CNC(=O)c1cccc(NC(=O)c2cc(S(C)(=O)=O)ccc2Cl)c1. The minimum Gasteiger partial charge on any atom is -0.355 e. The molecule has 0 atom stereocenters. The zero-order valence-electron chi connectivity index (χ0n) is 13.0. The van der Waals surface area contributed by atoms with Gasteiger partial charge in [-0.2, -0.15) is 0 Å². The number of sulfone groups is 1. The van der Waals surface area contributed by atoms with Crippen molar-refractivity contribution < 1.29 is 18.0 Å². The van der Waals surface area contributed by atoms with Crippen LogP contribution in [0, 0.1) is 0 Å². The third-order valence-electron chi connectivity index (χ3n) is 3.22. The molecule has 2 aromatic carbocycles. The molecule has 0 aliphatic heterocycles. The Morgan fingerprint density at radius 1 is 1.04 bits per heavy atom. The molecule has 0 unspecified atom stereocenters. The summed E-state index contributed by atoms with van der Waals surface area (Å²) in [5.41, 5.74) is 0.804. The van der Waals surface area contributed by atoms with Gasteiger partial charge in [0.25, 0.3) is 11.8 Å². The molecule has 0 aliphatic rings. The molecular formula is C16H15ClN2O4S. The molecule has 0 spiro atoms. The van der Waals surface area contributed by atoms with Crippen LogP contribution in [0.1, 0.15) is 20.7 Å². The minimum atomic E-state index is -3.46. The first-order valence-corrected chi connectivity index (χ1v) is 9.12. The van der Waals surface area contributed by atoms with E-state index >= 15 is 0 Å². The van der Waals surface area contributed by atoms with Crippen molar-refractivity contribution in [1.29, 1.82) is 0 Å². The van der Waals surface area contributed by atoms with Crippen molar-refractivity contribution in [3.63, 3.8) is 0 Å². The second-order valence-corrected chi connectivity index (χ2v) is 7.45. The number of carbonyl (C=O) groups is 2. The van der Waals surface area contributed by atoms with E-state index in [9.17, 15) is 18.0 Å². The van der Waals surface area contributed by atoms with E-state index in [4.69, 9.17) is 11.6 Å². The fraction of sp³-hybridized carbons (Fsp3) is 0.125. The van der Waals surface area contributed by atoms with Gasteiger partial charge in [-0.15, -0.1) is 0 Å². The molecule has 2 amide bonds. The minimum absolute atomic E-state index is 0.00355. The van der Waals surface area contributed by atoms with Crippen molar-refractivity contribution in [3.05, 3.63) is 58.6 Å². The fourth-order valence-electron chi connectivity index (χ4n) is 1.99. The van der Waals surface area contributed by atoms with Crippen LogP contribution in [0.2, 0.25) is 5.02 Å². The molecule has 0 fully saturated rings. The van der Waals surface area contributed by atoms with Crippen LogP contribution in [0.3, 0.4) is 0 Å². The van der Waals surface area contributed by atoms with Crippen LogP contribution < -0.4 is 10.6 Å². The highest BCUT2D eigenvalue weighted by atomic mass is 35.5. The van der Waals surface area contributed by atoms with E-state index < -0.39 is 15.7 Å². The van der Waals surface area contributed by atoms with Crippen molar-refractivity contribution in [2.24, 2.45) is 0 Å². The largest absolute Gasteiger partial charge is 0.355 e. The highest BCUT2D eigenvalue weighted by Gasteiger charge is 2.16. The van der Waals surface area contributed by atoms with Gasteiger partial charge >= 0.3 is 0 Å². The van der Waals surface area contributed by atoms with E-state index in [1.807, 2.05) is 0 Å². The molecule has 0 aromatic heterocycles. The van der Waals surface area contributed by atoms with Gasteiger partial charge in [0.2, 0.25) is 0 Å². The first kappa shape index (κ1) is 18.0. The zero-order chi connectivity index (χ0) is 17.9. The monoisotopic (exact) mass is 366 g/mol. The predicted octanol–water partition coefficient (Wildman–Crippen LogP) is 2.36. The van der Waals surface area contributed by atoms with Crippen molar-refractivity contribution in [3.8, 4) is 0 Å². The molecule has 0 saturated carbocycles. The zero-order valence-corrected chi connectivity index (χ0v) is 14.5. The second kappa shape index (κ2) is 7.02. The number of nitrogens with one attached hydrogen (secondary N) is 2. The van der Waals surface area contributed by atoms with Gasteiger partial charge in [0.05, 0.1) is 15.5 Å². The lowest BCUT2D eigenvalue weighted by Crippen LogP contribution is -2.18. The Kier molecular flexibility index (Phi) is 5.26. The van der Waals surface area contributed by atoms with Crippen LogP contribution in [-0.4, -0.2) is 33.5 Å². The third-order valence-corrected chi connectivity index (χ3v) is 4.66. The van der Waals surface area contributed by atoms with E-state index in [0.717, 1.165) is 6.26 Å². The van der Waals surface area contributed by atoms with Crippen LogP contribution >= 0.6 is 11.6 Å². The van der Waals surface area contributed by atoms with E-state index in [1.54, 1.807) is 18.2 Å². The maximum Gasteiger partial charge on any atom is 0.257 e. The maximum atomic E-state index is 12.4. The average Bonchev–Trinajstić information content (AvgIpc) is 2.53. The Hall–Kier alpha value is -2.38. The molecule has 2 N–H and O–H groups in total. The summed E-state index contributed by atoms with van der Waals surface area (Å²) in [7, 11) is -1.96. The number of hydrogen-bond donors (Lipinski definition) is 2. The molecular weight excluding hydrogens is 352 g/mol. The summed E-state index contributed by atoms with van der Waals surface area (Å²) in [6.07, 6.45) is 1.05. The van der Waals surface area contributed by atoms with Gasteiger partial charge in [-0.3, -0.25) is 9.59 Å². The van der Waals surface area contributed by atoms with Gasteiger partial charge in [-0.25, -0.2) is 8.42 Å². The standard InChI is InChI=1S/C16H15ClN2O4S/c1-18-15(20)10-4-3-5-11(8-10)19-16(21)13-9-12(24(2,22)23)6-7-14(13)17/h3-9H,1-2H3,(H,18,20)(H,19,21). The summed E-state index contributed by atoms with van der Waals surface area (Å²) in [5, 5.41) is 5.21. The average molecular weight is 367 g/mol. The molecule has 8 heteroatoms. The number of amides is 2. The first-order valence-electron chi connectivity index (χ1n) is 6.85. The number of anilines is 1. The van der Waals surface area contributed by atoms with Gasteiger partial charge in [0.15, 0.2) is 9.84 Å². The molecule has 6 nitrogen and oxygen atoms in total. The lowest BCUT2D eigenvalue weighted by molar-refractivity contribution is 0.0961. The van der Waals surface area contributed by atoms with Crippen molar-refractivity contribution in [2.75, 3.05) is 18.6 Å². The van der Waals surface area contributed by atoms with Crippen LogP contribution in [-0.2, 0) is 9.84 Å². The van der Waals surface area contributed by atoms with E-state index in [-0.39, 0.29) is 21.4 Å².